The fourth-order valence-corrected chi connectivity index (χ4v) is 1.80. The van der Waals surface area contributed by atoms with Crippen LogP contribution in [-0.4, -0.2) is 33.3 Å². The summed E-state index contributed by atoms with van der Waals surface area (Å²) in [4.78, 5) is 22.6. The summed E-state index contributed by atoms with van der Waals surface area (Å²) in [6.45, 7) is 0. The zero-order chi connectivity index (χ0) is 14.7. The fourth-order valence-electron chi connectivity index (χ4n) is 1.80. The van der Waals surface area contributed by atoms with Crippen LogP contribution in [0.25, 0.3) is 6.08 Å². The van der Waals surface area contributed by atoms with Gasteiger partial charge in [-0.2, -0.15) is 0 Å². The summed E-state index contributed by atoms with van der Waals surface area (Å²) in [7, 11) is 4.52. The van der Waals surface area contributed by atoms with Crippen LogP contribution in [0.15, 0.2) is 17.8 Å². The SMILES string of the molecule is COc1cc(OC)c(OC)cc1/C=C1\NC(=O)NC1=O. The van der Waals surface area contributed by atoms with Gasteiger partial charge >= 0.3 is 6.03 Å². The van der Waals surface area contributed by atoms with Gasteiger partial charge in [-0.1, -0.05) is 0 Å². The second-order valence-electron chi connectivity index (χ2n) is 3.92. The van der Waals surface area contributed by atoms with Gasteiger partial charge in [-0.3, -0.25) is 10.1 Å². The summed E-state index contributed by atoms with van der Waals surface area (Å²) in [6, 6.07) is 2.74. The molecular weight excluding hydrogens is 264 g/mol. The molecule has 2 N–H and O–H groups in total. The molecular formula is C13H14N2O5. The lowest BCUT2D eigenvalue weighted by molar-refractivity contribution is -0.115. The molecule has 3 amide bonds. The lowest BCUT2D eigenvalue weighted by atomic mass is 10.1. The molecule has 0 atom stereocenters. The van der Waals surface area contributed by atoms with Gasteiger partial charge in [-0.15, -0.1) is 0 Å². The van der Waals surface area contributed by atoms with Gasteiger partial charge in [0.25, 0.3) is 5.91 Å². The number of benzene rings is 1. The van der Waals surface area contributed by atoms with E-state index in [0.29, 0.717) is 22.8 Å². The van der Waals surface area contributed by atoms with E-state index >= 15 is 0 Å². The maximum absolute atomic E-state index is 11.5. The number of hydrogen-bond acceptors (Lipinski definition) is 5. The highest BCUT2D eigenvalue weighted by atomic mass is 16.5. The average molecular weight is 278 g/mol. The molecule has 106 valence electrons. The van der Waals surface area contributed by atoms with E-state index in [2.05, 4.69) is 10.6 Å². The third-order valence-corrected chi connectivity index (χ3v) is 2.76. The molecule has 7 nitrogen and oxygen atoms in total. The largest absolute Gasteiger partial charge is 0.496 e. The van der Waals surface area contributed by atoms with Crippen LogP contribution in [-0.2, 0) is 4.79 Å². The normalized spacial score (nSPS) is 15.8. The summed E-state index contributed by atoms with van der Waals surface area (Å²) in [5, 5.41) is 4.53. The molecule has 0 aromatic heterocycles. The molecule has 0 saturated carbocycles. The Balaban J connectivity index is 2.48. The van der Waals surface area contributed by atoms with Crippen molar-refractivity contribution in [2.75, 3.05) is 21.3 Å². The summed E-state index contributed by atoms with van der Waals surface area (Å²) in [5.41, 5.74) is 0.720. The maximum Gasteiger partial charge on any atom is 0.326 e. The quantitative estimate of drug-likeness (QED) is 0.631. The Kier molecular flexibility index (Phi) is 3.79. The number of hydrogen-bond donors (Lipinski definition) is 2. The minimum absolute atomic E-state index is 0.139. The van der Waals surface area contributed by atoms with Crippen molar-refractivity contribution in [3.8, 4) is 17.2 Å². The Bertz CT molecular complexity index is 595. The molecule has 1 aliphatic heterocycles. The Hall–Kier alpha value is -2.70. The van der Waals surface area contributed by atoms with Crippen molar-refractivity contribution in [1.29, 1.82) is 0 Å². The average Bonchev–Trinajstić information content (AvgIpc) is 2.76. The van der Waals surface area contributed by atoms with Gasteiger partial charge in [0.05, 0.1) is 21.3 Å². The van der Waals surface area contributed by atoms with E-state index in [1.807, 2.05) is 0 Å². The number of ether oxygens (including phenoxy) is 3. The highest BCUT2D eigenvalue weighted by Gasteiger charge is 2.23. The first-order chi connectivity index (χ1) is 9.58. The van der Waals surface area contributed by atoms with Crippen LogP contribution in [0, 0.1) is 0 Å². The van der Waals surface area contributed by atoms with Gasteiger partial charge in [0.2, 0.25) is 0 Å². The molecule has 1 heterocycles. The smallest absolute Gasteiger partial charge is 0.326 e. The molecule has 2 rings (SSSR count). The predicted octanol–water partition coefficient (Wildman–Crippen LogP) is 0.893. The van der Waals surface area contributed by atoms with Crippen molar-refractivity contribution in [2.24, 2.45) is 0 Å². The topological polar surface area (TPSA) is 85.9 Å². The van der Waals surface area contributed by atoms with Gasteiger partial charge in [0, 0.05) is 11.6 Å². The van der Waals surface area contributed by atoms with E-state index in [4.69, 9.17) is 14.2 Å². The Morgan fingerprint density at radius 2 is 1.50 bits per heavy atom. The van der Waals surface area contributed by atoms with Gasteiger partial charge in [0.1, 0.15) is 11.4 Å². The second kappa shape index (κ2) is 5.52. The van der Waals surface area contributed by atoms with E-state index in [0.717, 1.165) is 0 Å². The van der Waals surface area contributed by atoms with Crippen molar-refractivity contribution in [3.05, 3.63) is 23.4 Å². The molecule has 1 saturated heterocycles. The Morgan fingerprint density at radius 3 is 2.00 bits per heavy atom. The van der Waals surface area contributed by atoms with Crippen molar-refractivity contribution in [1.82, 2.24) is 10.6 Å². The van der Waals surface area contributed by atoms with Gasteiger partial charge in [0.15, 0.2) is 11.5 Å². The Labute approximate surface area is 115 Å². The van der Waals surface area contributed by atoms with Crippen molar-refractivity contribution in [3.63, 3.8) is 0 Å². The monoisotopic (exact) mass is 278 g/mol. The van der Waals surface area contributed by atoms with Crippen LogP contribution < -0.4 is 24.8 Å². The molecule has 1 aliphatic rings. The number of amides is 3. The summed E-state index contributed by atoms with van der Waals surface area (Å²) < 4.78 is 15.6. The second-order valence-corrected chi connectivity index (χ2v) is 3.92. The van der Waals surface area contributed by atoms with Crippen molar-refractivity contribution >= 4 is 18.0 Å². The number of methoxy groups -OCH3 is 3. The van der Waals surface area contributed by atoms with Crippen molar-refractivity contribution < 1.29 is 23.8 Å². The Morgan fingerprint density at radius 1 is 0.900 bits per heavy atom. The van der Waals surface area contributed by atoms with Crippen LogP contribution in [0.5, 0.6) is 17.2 Å². The predicted molar refractivity (Wildman–Crippen MR) is 70.7 cm³/mol. The number of carbonyl (C=O) groups excluding carboxylic acids is 2. The molecule has 0 aliphatic carbocycles. The minimum atomic E-state index is -0.555. The first-order valence-corrected chi connectivity index (χ1v) is 5.73. The third kappa shape index (κ3) is 2.51. The summed E-state index contributed by atoms with van der Waals surface area (Å²) in [6.07, 6.45) is 1.50. The van der Waals surface area contributed by atoms with E-state index in [1.54, 1.807) is 12.1 Å². The molecule has 1 aromatic carbocycles. The van der Waals surface area contributed by atoms with Crippen LogP contribution in [0.4, 0.5) is 4.79 Å². The van der Waals surface area contributed by atoms with E-state index < -0.39 is 11.9 Å². The third-order valence-electron chi connectivity index (χ3n) is 2.76. The number of urea groups is 1. The highest BCUT2D eigenvalue weighted by molar-refractivity contribution is 6.14. The number of rotatable bonds is 4. The summed E-state index contributed by atoms with van der Waals surface area (Å²) in [5.74, 6) is 0.993. The zero-order valence-electron chi connectivity index (χ0n) is 11.3. The number of imide groups is 1. The summed E-state index contributed by atoms with van der Waals surface area (Å²) >= 11 is 0. The van der Waals surface area contributed by atoms with E-state index in [9.17, 15) is 9.59 Å². The first kappa shape index (κ1) is 13.7. The maximum atomic E-state index is 11.5. The lowest BCUT2D eigenvalue weighted by Gasteiger charge is -2.12. The molecule has 0 bridgehead atoms. The minimum Gasteiger partial charge on any atom is -0.496 e. The van der Waals surface area contributed by atoms with Crippen LogP contribution in [0.3, 0.4) is 0 Å². The molecule has 1 fully saturated rings. The van der Waals surface area contributed by atoms with Gasteiger partial charge in [-0.25, -0.2) is 4.79 Å². The highest BCUT2D eigenvalue weighted by Crippen LogP contribution is 2.35. The fraction of sp³-hybridized carbons (Fsp3) is 0.231. The molecule has 7 heteroatoms. The number of carbonyl (C=O) groups is 2. The number of nitrogens with one attached hydrogen (secondary N) is 2. The van der Waals surface area contributed by atoms with E-state index in [-0.39, 0.29) is 5.70 Å². The lowest BCUT2D eigenvalue weighted by Crippen LogP contribution is -2.22. The molecule has 1 aromatic rings. The molecule has 0 spiro atoms. The van der Waals surface area contributed by atoms with Crippen LogP contribution in [0.2, 0.25) is 0 Å². The van der Waals surface area contributed by atoms with E-state index in [1.165, 1.54) is 27.4 Å². The van der Waals surface area contributed by atoms with Crippen molar-refractivity contribution in [2.45, 2.75) is 0 Å². The molecule has 0 unspecified atom stereocenters. The first-order valence-electron chi connectivity index (χ1n) is 5.73. The van der Waals surface area contributed by atoms with Crippen LogP contribution in [0.1, 0.15) is 5.56 Å². The van der Waals surface area contributed by atoms with Crippen LogP contribution >= 0.6 is 0 Å². The zero-order valence-corrected chi connectivity index (χ0v) is 11.3. The standard InChI is InChI=1S/C13H14N2O5/c1-18-9-6-11(20-3)10(19-2)5-7(9)4-8-12(16)15-13(17)14-8/h4-6H,1-3H3,(H2,14,15,16,17)/b8-4-. The van der Waals surface area contributed by atoms with Gasteiger partial charge < -0.3 is 19.5 Å². The molecule has 0 radical (unpaired) electrons. The van der Waals surface area contributed by atoms with Gasteiger partial charge in [-0.05, 0) is 12.1 Å². The molecule has 20 heavy (non-hydrogen) atoms.